The van der Waals surface area contributed by atoms with Crippen LogP contribution in [0.3, 0.4) is 0 Å². The molecule has 0 fully saturated rings. The van der Waals surface area contributed by atoms with E-state index in [4.69, 9.17) is 5.73 Å². The standard InChI is InChI=1S/C12H15F3N2OS/c1-11(2,16)10(18)17-8-5-3-4-6-9(8)19-7-12(13,14)15/h3-6H,7,16H2,1-2H3,(H,17,18). The number of alkyl halides is 3. The van der Waals surface area contributed by atoms with Crippen LogP contribution in [0.2, 0.25) is 0 Å². The molecule has 1 aromatic carbocycles. The molecule has 19 heavy (non-hydrogen) atoms. The minimum absolute atomic E-state index is 0.334. The smallest absolute Gasteiger partial charge is 0.323 e. The van der Waals surface area contributed by atoms with E-state index in [2.05, 4.69) is 5.32 Å². The van der Waals surface area contributed by atoms with Gasteiger partial charge in [-0.3, -0.25) is 4.79 Å². The maximum absolute atomic E-state index is 12.2. The van der Waals surface area contributed by atoms with Gasteiger partial charge in [0.15, 0.2) is 0 Å². The third kappa shape index (κ3) is 5.52. The van der Waals surface area contributed by atoms with Crippen LogP contribution < -0.4 is 11.1 Å². The highest BCUT2D eigenvalue weighted by molar-refractivity contribution is 7.99. The van der Waals surface area contributed by atoms with Gasteiger partial charge in [-0.25, -0.2) is 0 Å². The number of thioether (sulfide) groups is 1. The predicted octanol–water partition coefficient (Wildman–Crippen LogP) is 3.02. The topological polar surface area (TPSA) is 55.1 Å². The minimum atomic E-state index is -4.26. The third-order valence-electron chi connectivity index (χ3n) is 2.11. The van der Waals surface area contributed by atoms with Crippen LogP contribution in [0.4, 0.5) is 18.9 Å². The highest BCUT2D eigenvalue weighted by Crippen LogP contribution is 2.32. The maximum Gasteiger partial charge on any atom is 0.398 e. The molecular formula is C12H15F3N2OS. The summed E-state index contributed by atoms with van der Waals surface area (Å²) in [6.07, 6.45) is -4.26. The van der Waals surface area contributed by atoms with Gasteiger partial charge < -0.3 is 11.1 Å². The second-order valence-corrected chi connectivity index (χ2v) is 5.59. The zero-order chi connectivity index (χ0) is 14.7. The molecule has 1 aromatic rings. The number of anilines is 1. The van der Waals surface area contributed by atoms with Gasteiger partial charge in [-0.2, -0.15) is 13.2 Å². The summed E-state index contributed by atoms with van der Waals surface area (Å²) in [5.41, 5.74) is 4.86. The van der Waals surface area contributed by atoms with Crippen molar-refractivity contribution in [3.05, 3.63) is 24.3 Å². The maximum atomic E-state index is 12.2. The van der Waals surface area contributed by atoms with Crippen LogP contribution >= 0.6 is 11.8 Å². The molecule has 0 saturated carbocycles. The number of para-hydroxylation sites is 1. The first-order valence-electron chi connectivity index (χ1n) is 5.48. The fraction of sp³-hybridized carbons (Fsp3) is 0.417. The number of amides is 1. The van der Waals surface area contributed by atoms with E-state index in [1.54, 1.807) is 18.2 Å². The first kappa shape index (κ1) is 15.8. The van der Waals surface area contributed by atoms with Gasteiger partial charge in [0, 0.05) is 4.90 Å². The molecule has 0 bridgehead atoms. The van der Waals surface area contributed by atoms with Gasteiger partial charge in [-0.15, -0.1) is 11.8 Å². The number of rotatable bonds is 4. The average molecular weight is 292 g/mol. The largest absolute Gasteiger partial charge is 0.398 e. The molecule has 1 rings (SSSR count). The van der Waals surface area contributed by atoms with Gasteiger partial charge in [-0.1, -0.05) is 12.1 Å². The SMILES string of the molecule is CC(C)(N)C(=O)Nc1ccccc1SCC(F)(F)F. The van der Waals surface area contributed by atoms with Crippen LogP contribution in [0.15, 0.2) is 29.2 Å². The lowest BCUT2D eigenvalue weighted by atomic mass is 10.1. The number of benzene rings is 1. The zero-order valence-corrected chi connectivity index (χ0v) is 11.4. The molecular weight excluding hydrogens is 277 g/mol. The molecule has 3 nitrogen and oxygen atoms in total. The van der Waals surface area contributed by atoms with Crippen LogP contribution in [0, 0.1) is 0 Å². The molecule has 0 aliphatic carbocycles. The van der Waals surface area contributed by atoms with Crippen molar-refractivity contribution in [3.63, 3.8) is 0 Å². The van der Waals surface area contributed by atoms with Gasteiger partial charge >= 0.3 is 6.18 Å². The van der Waals surface area contributed by atoms with E-state index in [0.717, 1.165) is 0 Å². The molecule has 0 unspecified atom stereocenters. The summed E-state index contributed by atoms with van der Waals surface area (Å²) in [6, 6.07) is 6.32. The van der Waals surface area contributed by atoms with Crippen molar-refractivity contribution in [1.82, 2.24) is 0 Å². The normalized spacial score (nSPS) is 12.3. The van der Waals surface area contributed by atoms with E-state index < -0.39 is 23.4 Å². The van der Waals surface area contributed by atoms with Crippen LogP contribution in [-0.2, 0) is 4.79 Å². The first-order chi connectivity index (χ1) is 8.59. The number of carbonyl (C=O) groups excluding carboxylic acids is 1. The Bertz CT molecular complexity index is 455. The highest BCUT2D eigenvalue weighted by Gasteiger charge is 2.28. The second kappa shape index (κ2) is 5.83. The van der Waals surface area contributed by atoms with E-state index in [-0.39, 0.29) is 0 Å². The lowest BCUT2D eigenvalue weighted by Crippen LogP contribution is -2.45. The summed E-state index contributed by atoms with van der Waals surface area (Å²) in [5, 5.41) is 2.53. The zero-order valence-electron chi connectivity index (χ0n) is 10.5. The number of hydrogen-bond donors (Lipinski definition) is 2. The fourth-order valence-electron chi connectivity index (χ4n) is 1.14. The molecule has 7 heteroatoms. The van der Waals surface area contributed by atoms with Crippen molar-refractivity contribution < 1.29 is 18.0 Å². The van der Waals surface area contributed by atoms with E-state index >= 15 is 0 Å². The minimum Gasteiger partial charge on any atom is -0.323 e. The van der Waals surface area contributed by atoms with Crippen molar-refractivity contribution in [1.29, 1.82) is 0 Å². The molecule has 0 atom stereocenters. The second-order valence-electron chi connectivity index (χ2n) is 4.58. The molecule has 0 spiro atoms. The summed E-state index contributed by atoms with van der Waals surface area (Å²) in [5.74, 6) is -1.46. The molecule has 106 valence electrons. The Morgan fingerprint density at radius 1 is 1.32 bits per heavy atom. The van der Waals surface area contributed by atoms with E-state index in [1.165, 1.54) is 19.9 Å². The number of hydrogen-bond acceptors (Lipinski definition) is 3. The van der Waals surface area contributed by atoms with Crippen molar-refractivity contribution in [2.24, 2.45) is 5.73 Å². The van der Waals surface area contributed by atoms with Crippen molar-refractivity contribution >= 4 is 23.4 Å². The number of carbonyl (C=O) groups is 1. The van der Waals surface area contributed by atoms with Gasteiger partial charge in [-0.05, 0) is 26.0 Å². The predicted molar refractivity (Wildman–Crippen MR) is 70.1 cm³/mol. The molecule has 1 amide bonds. The summed E-state index contributed by atoms with van der Waals surface area (Å²) < 4.78 is 36.6. The summed E-state index contributed by atoms with van der Waals surface area (Å²) in [4.78, 5) is 12.1. The van der Waals surface area contributed by atoms with Gasteiger partial charge in [0.1, 0.15) is 0 Å². The molecule has 0 heterocycles. The Morgan fingerprint density at radius 3 is 2.42 bits per heavy atom. The van der Waals surface area contributed by atoms with E-state index in [9.17, 15) is 18.0 Å². The molecule has 0 saturated heterocycles. The van der Waals surface area contributed by atoms with Crippen LogP contribution in [0.5, 0.6) is 0 Å². The quantitative estimate of drug-likeness (QED) is 0.839. The van der Waals surface area contributed by atoms with Crippen LogP contribution in [0.25, 0.3) is 0 Å². The monoisotopic (exact) mass is 292 g/mol. The molecule has 0 aromatic heterocycles. The fourth-order valence-corrected chi connectivity index (χ4v) is 1.91. The van der Waals surface area contributed by atoms with Crippen molar-refractivity contribution in [2.45, 2.75) is 30.5 Å². The third-order valence-corrected chi connectivity index (χ3v) is 3.25. The lowest BCUT2D eigenvalue weighted by molar-refractivity contribution is -0.120. The van der Waals surface area contributed by atoms with E-state index in [0.29, 0.717) is 22.3 Å². The molecule has 0 aliphatic heterocycles. The Balaban J connectivity index is 2.82. The lowest BCUT2D eigenvalue weighted by Gasteiger charge is -2.19. The summed E-state index contributed by atoms with van der Waals surface area (Å²) in [6.45, 7) is 3.04. The van der Waals surface area contributed by atoms with Crippen LogP contribution in [-0.4, -0.2) is 23.4 Å². The summed E-state index contributed by atoms with van der Waals surface area (Å²) >= 11 is 0.626. The molecule has 0 radical (unpaired) electrons. The summed E-state index contributed by atoms with van der Waals surface area (Å²) in [7, 11) is 0. The Kier molecular flexibility index (Phi) is 4.86. The Morgan fingerprint density at radius 2 is 1.89 bits per heavy atom. The van der Waals surface area contributed by atoms with E-state index in [1.807, 2.05) is 0 Å². The van der Waals surface area contributed by atoms with Gasteiger partial charge in [0.2, 0.25) is 5.91 Å². The highest BCUT2D eigenvalue weighted by atomic mass is 32.2. The Labute approximate surface area is 113 Å². The molecule has 3 N–H and O–H groups in total. The molecule has 0 aliphatic rings. The number of halogens is 3. The number of nitrogens with two attached hydrogens (primary N) is 1. The Hall–Kier alpha value is -1.21. The average Bonchev–Trinajstić information content (AvgIpc) is 2.25. The van der Waals surface area contributed by atoms with Crippen molar-refractivity contribution in [2.75, 3.05) is 11.1 Å². The van der Waals surface area contributed by atoms with Gasteiger partial charge in [0.05, 0.1) is 17.0 Å². The number of nitrogens with one attached hydrogen (secondary N) is 1. The first-order valence-corrected chi connectivity index (χ1v) is 6.47. The van der Waals surface area contributed by atoms with Crippen molar-refractivity contribution in [3.8, 4) is 0 Å². The van der Waals surface area contributed by atoms with Crippen LogP contribution in [0.1, 0.15) is 13.8 Å². The van der Waals surface area contributed by atoms with Gasteiger partial charge in [0.25, 0.3) is 0 Å².